The molecule has 16 heavy (non-hydrogen) atoms. The molecule has 0 spiro atoms. The van der Waals surface area contributed by atoms with Gasteiger partial charge in [0.1, 0.15) is 6.29 Å². The number of amides is 1. The maximum atomic E-state index is 11.6. The molecule has 1 amide bonds. The van der Waals surface area contributed by atoms with Gasteiger partial charge in [0.2, 0.25) is 5.91 Å². The van der Waals surface area contributed by atoms with Gasteiger partial charge in [-0.1, -0.05) is 20.8 Å². The van der Waals surface area contributed by atoms with Gasteiger partial charge in [-0.15, -0.1) is 0 Å². The Hall–Kier alpha value is -0.860. The Labute approximate surface area is 99.2 Å². The van der Waals surface area contributed by atoms with Crippen molar-refractivity contribution in [2.45, 2.75) is 52.9 Å². The van der Waals surface area contributed by atoms with Gasteiger partial charge in [0.05, 0.1) is 0 Å². The van der Waals surface area contributed by atoms with Crippen LogP contribution in [0.25, 0.3) is 0 Å². The van der Waals surface area contributed by atoms with E-state index in [4.69, 9.17) is 0 Å². The van der Waals surface area contributed by atoms with Crippen LogP contribution in [0.5, 0.6) is 0 Å². The molecule has 0 N–H and O–H groups in total. The average Bonchev–Trinajstić information content (AvgIpc) is 2.33. The van der Waals surface area contributed by atoms with Crippen molar-refractivity contribution in [2.24, 2.45) is 5.92 Å². The first-order valence-corrected chi connectivity index (χ1v) is 6.45. The van der Waals surface area contributed by atoms with Crippen LogP contribution in [0.1, 0.15) is 52.9 Å². The topological polar surface area (TPSA) is 37.4 Å². The normalized spacial score (nSPS) is 16.3. The van der Waals surface area contributed by atoms with Crippen LogP contribution in [0.4, 0.5) is 0 Å². The molecule has 1 aliphatic heterocycles. The van der Waals surface area contributed by atoms with Gasteiger partial charge in [-0.25, -0.2) is 0 Å². The molecular formula is C13H25NO2. The van der Waals surface area contributed by atoms with Crippen LogP contribution in [0, 0.1) is 5.92 Å². The van der Waals surface area contributed by atoms with Crippen molar-refractivity contribution in [3.8, 4) is 0 Å². The molecule has 1 rings (SSSR count). The van der Waals surface area contributed by atoms with Crippen molar-refractivity contribution in [3.05, 3.63) is 0 Å². The summed E-state index contributed by atoms with van der Waals surface area (Å²) in [5.74, 6) is 0.979. The third-order valence-corrected chi connectivity index (χ3v) is 2.85. The second-order valence-electron chi connectivity index (χ2n) is 4.12. The Morgan fingerprint density at radius 2 is 1.88 bits per heavy atom. The van der Waals surface area contributed by atoms with Crippen LogP contribution < -0.4 is 0 Å². The van der Waals surface area contributed by atoms with Crippen LogP contribution in [0.15, 0.2) is 0 Å². The largest absolute Gasteiger partial charge is 0.343 e. The molecule has 0 aromatic rings. The Bertz CT molecular complexity index is 196. The Balaban J connectivity index is 0.00000106. The third kappa shape index (κ3) is 5.89. The molecule has 0 unspecified atom stereocenters. The first-order valence-electron chi connectivity index (χ1n) is 6.45. The van der Waals surface area contributed by atoms with Crippen molar-refractivity contribution in [2.75, 3.05) is 13.1 Å². The number of aldehydes is 1. The molecular weight excluding hydrogens is 202 g/mol. The summed E-state index contributed by atoms with van der Waals surface area (Å²) in [6.45, 7) is 8.04. The van der Waals surface area contributed by atoms with Crippen LogP contribution in [-0.2, 0) is 9.59 Å². The molecule has 0 saturated carbocycles. The predicted molar refractivity (Wildman–Crippen MR) is 66.2 cm³/mol. The lowest BCUT2D eigenvalue weighted by atomic mass is 9.99. The number of carbonyl (C=O) groups excluding carboxylic acids is 2. The van der Waals surface area contributed by atoms with E-state index >= 15 is 0 Å². The Morgan fingerprint density at radius 1 is 1.31 bits per heavy atom. The van der Waals surface area contributed by atoms with Crippen molar-refractivity contribution in [1.82, 2.24) is 4.90 Å². The second-order valence-corrected chi connectivity index (χ2v) is 4.12. The van der Waals surface area contributed by atoms with Crippen LogP contribution in [0.3, 0.4) is 0 Å². The van der Waals surface area contributed by atoms with Crippen molar-refractivity contribution >= 4 is 12.2 Å². The smallest absolute Gasteiger partial charge is 0.222 e. The minimum absolute atomic E-state index is 0.221. The minimum Gasteiger partial charge on any atom is -0.343 e. The lowest BCUT2D eigenvalue weighted by Gasteiger charge is -2.30. The number of unbranched alkanes of at least 4 members (excludes halogenated alkanes) is 1. The maximum Gasteiger partial charge on any atom is 0.222 e. The molecule has 94 valence electrons. The molecule has 0 atom stereocenters. The molecule has 0 aromatic heterocycles. The summed E-state index contributed by atoms with van der Waals surface area (Å²) < 4.78 is 0. The van der Waals surface area contributed by atoms with E-state index in [0.29, 0.717) is 19.3 Å². The van der Waals surface area contributed by atoms with Crippen LogP contribution in [0.2, 0.25) is 0 Å². The Morgan fingerprint density at radius 3 is 2.38 bits per heavy atom. The number of piperidine rings is 1. The van der Waals surface area contributed by atoms with Crippen LogP contribution >= 0.6 is 0 Å². The van der Waals surface area contributed by atoms with Gasteiger partial charge in [0.25, 0.3) is 0 Å². The number of hydrogen-bond acceptors (Lipinski definition) is 2. The number of likely N-dealkylation sites (tertiary alicyclic amines) is 1. The summed E-state index contributed by atoms with van der Waals surface area (Å²) in [6.07, 6.45) is 4.88. The zero-order valence-corrected chi connectivity index (χ0v) is 10.9. The van der Waals surface area contributed by atoms with Gasteiger partial charge < -0.3 is 9.69 Å². The molecule has 3 heteroatoms. The lowest BCUT2D eigenvalue weighted by Crippen LogP contribution is -2.37. The molecule has 0 radical (unpaired) electrons. The SMILES string of the molecule is CC.CC1CCN(C(=O)CCCC=O)CC1. The zero-order chi connectivity index (χ0) is 12.4. The van der Waals surface area contributed by atoms with Gasteiger partial charge in [-0.3, -0.25) is 4.79 Å². The summed E-state index contributed by atoms with van der Waals surface area (Å²) in [6, 6.07) is 0. The minimum atomic E-state index is 0.221. The molecule has 1 fully saturated rings. The predicted octanol–water partition coefficient (Wildman–Crippen LogP) is 2.64. The summed E-state index contributed by atoms with van der Waals surface area (Å²) in [7, 11) is 0. The highest BCUT2D eigenvalue weighted by Crippen LogP contribution is 2.16. The fraction of sp³-hybridized carbons (Fsp3) is 0.846. The summed E-state index contributed by atoms with van der Waals surface area (Å²) in [4.78, 5) is 23.6. The summed E-state index contributed by atoms with van der Waals surface area (Å²) in [5.41, 5.74) is 0. The lowest BCUT2D eigenvalue weighted by molar-refractivity contribution is -0.132. The quantitative estimate of drug-likeness (QED) is 0.547. The summed E-state index contributed by atoms with van der Waals surface area (Å²) in [5, 5.41) is 0. The highest BCUT2D eigenvalue weighted by atomic mass is 16.2. The number of rotatable bonds is 4. The third-order valence-electron chi connectivity index (χ3n) is 2.85. The van der Waals surface area contributed by atoms with E-state index in [1.807, 2.05) is 18.7 Å². The molecule has 1 saturated heterocycles. The van der Waals surface area contributed by atoms with E-state index in [-0.39, 0.29) is 5.91 Å². The van der Waals surface area contributed by atoms with E-state index in [2.05, 4.69) is 6.92 Å². The maximum absolute atomic E-state index is 11.6. The van der Waals surface area contributed by atoms with Gasteiger partial charge >= 0.3 is 0 Å². The van der Waals surface area contributed by atoms with E-state index < -0.39 is 0 Å². The molecule has 0 aromatic carbocycles. The standard InChI is InChI=1S/C11H19NO2.C2H6/c1-10-5-7-12(8-6-10)11(14)4-2-3-9-13;1-2/h9-10H,2-8H2,1H3;1-2H3. The molecule has 1 aliphatic rings. The van der Waals surface area contributed by atoms with Gasteiger partial charge in [0.15, 0.2) is 0 Å². The van der Waals surface area contributed by atoms with Gasteiger partial charge in [-0.05, 0) is 25.2 Å². The molecule has 0 aliphatic carbocycles. The van der Waals surface area contributed by atoms with Crippen molar-refractivity contribution in [1.29, 1.82) is 0 Å². The van der Waals surface area contributed by atoms with Crippen LogP contribution in [-0.4, -0.2) is 30.2 Å². The number of carbonyl (C=O) groups is 2. The fourth-order valence-corrected chi connectivity index (χ4v) is 1.75. The summed E-state index contributed by atoms with van der Waals surface area (Å²) >= 11 is 0. The van der Waals surface area contributed by atoms with Gasteiger partial charge in [-0.2, -0.15) is 0 Å². The zero-order valence-electron chi connectivity index (χ0n) is 10.9. The van der Waals surface area contributed by atoms with Gasteiger partial charge in [0, 0.05) is 25.9 Å². The van der Waals surface area contributed by atoms with E-state index in [1.54, 1.807) is 0 Å². The van der Waals surface area contributed by atoms with E-state index in [9.17, 15) is 9.59 Å². The molecule has 0 bridgehead atoms. The first-order chi connectivity index (χ1) is 7.74. The number of hydrogen-bond donors (Lipinski definition) is 0. The molecule has 3 nitrogen and oxygen atoms in total. The fourth-order valence-electron chi connectivity index (χ4n) is 1.75. The second kappa shape index (κ2) is 9.37. The van der Waals surface area contributed by atoms with Crippen molar-refractivity contribution in [3.63, 3.8) is 0 Å². The first kappa shape index (κ1) is 15.1. The average molecular weight is 227 g/mol. The highest BCUT2D eigenvalue weighted by Gasteiger charge is 2.19. The number of nitrogens with zero attached hydrogens (tertiary/aromatic N) is 1. The molecule has 1 heterocycles. The van der Waals surface area contributed by atoms with E-state index in [1.165, 1.54) is 0 Å². The highest BCUT2D eigenvalue weighted by molar-refractivity contribution is 5.76. The van der Waals surface area contributed by atoms with Crippen molar-refractivity contribution < 1.29 is 9.59 Å². The van der Waals surface area contributed by atoms with E-state index in [0.717, 1.165) is 38.1 Å². The Kier molecular flexibility index (Phi) is 8.87. The monoisotopic (exact) mass is 227 g/mol.